The van der Waals surface area contributed by atoms with Gasteiger partial charge in [-0.3, -0.25) is 18.7 Å². The second-order valence-corrected chi connectivity index (χ2v) is 20.2. The first-order chi connectivity index (χ1) is 31.4. The molecule has 6 rings (SSSR count). The summed E-state index contributed by atoms with van der Waals surface area (Å²) >= 11 is 0. The summed E-state index contributed by atoms with van der Waals surface area (Å²) in [5.74, 6) is -0.907. The fourth-order valence-corrected chi connectivity index (χ4v) is 8.50. The average molecular weight is 978 g/mol. The molecule has 6 N–H and O–H groups in total. The van der Waals surface area contributed by atoms with E-state index in [1.54, 1.807) is 24.3 Å². The second-order valence-electron chi connectivity index (χ2n) is 17.4. The monoisotopic (exact) mass is 977 g/mol. The first kappa shape index (κ1) is 53.4. The van der Waals surface area contributed by atoms with Crippen LogP contribution in [-0.2, 0) is 35.9 Å². The number of nitrogens with zero attached hydrogens (tertiary/aromatic N) is 2. The predicted molar refractivity (Wildman–Crippen MR) is 262 cm³/mol. The van der Waals surface area contributed by atoms with Crippen LogP contribution in [0.4, 0.5) is 17.1 Å². The van der Waals surface area contributed by atoms with E-state index in [1.165, 1.54) is 41.5 Å². The third-order valence-electron chi connectivity index (χ3n) is 11.9. The van der Waals surface area contributed by atoms with Crippen molar-refractivity contribution in [3.05, 3.63) is 108 Å². The molecule has 0 aliphatic carbocycles. The first-order valence-corrected chi connectivity index (χ1v) is 24.4. The number of hydrogen-bond donors (Lipinski definition) is 6. The van der Waals surface area contributed by atoms with Gasteiger partial charge in [-0.15, -0.1) is 5.11 Å². The van der Waals surface area contributed by atoms with Crippen LogP contribution in [0.1, 0.15) is 95.6 Å². The summed E-state index contributed by atoms with van der Waals surface area (Å²) in [4.78, 5) is 23.8. The maximum Gasteiger partial charge on any atom is 0.296 e. The molecule has 0 aromatic heterocycles. The third-order valence-corrected chi connectivity index (χ3v) is 13.6. The number of unbranched alkanes of at least 4 members (excludes halogenated alkanes) is 1. The van der Waals surface area contributed by atoms with E-state index in [9.17, 15) is 45.7 Å². The Hall–Kier alpha value is -5.60. The Bertz CT molecular complexity index is 3140. The van der Waals surface area contributed by atoms with Gasteiger partial charge < -0.3 is 30.3 Å². The summed E-state index contributed by atoms with van der Waals surface area (Å²) in [6.45, 7) is 15.2. The molecule has 0 bridgehead atoms. The molecule has 6 aromatic rings. The summed E-state index contributed by atoms with van der Waals surface area (Å²) in [6, 6.07) is 23.2. The number of aromatic hydroxyl groups is 2. The Morgan fingerprint density at radius 1 is 0.735 bits per heavy atom. The quantitative estimate of drug-likeness (QED) is 0.0204. The van der Waals surface area contributed by atoms with Crippen molar-refractivity contribution in [1.82, 2.24) is 5.32 Å². The molecule has 0 saturated carbocycles. The maximum atomic E-state index is 13.5. The minimum Gasteiger partial charge on any atom is -0.506 e. The van der Waals surface area contributed by atoms with Crippen LogP contribution in [-0.4, -0.2) is 90.7 Å². The zero-order chi connectivity index (χ0) is 49.1. The number of carbonyl (C=O) groups is 2. The van der Waals surface area contributed by atoms with Crippen LogP contribution in [0.15, 0.2) is 111 Å². The number of fused-ring (bicyclic) bond motifs is 2. The molecule has 0 aliphatic rings. The van der Waals surface area contributed by atoms with Gasteiger partial charge in [-0.05, 0) is 102 Å². The van der Waals surface area contributed by atoms with Crippen LogP contribution in [0.3, 0.4) is 0 Å². The number of carbonyl (C=O) groups excluding carboxylic acids is 2. The summed E-state index contributed by atoms with van der Waals surface area (Å²) < 4.78 is 81.0. The van der Waals surface area contributed by atoms with E-state index in [-0.39, 0.29) is 85.3 Å². The van der Waals surface area contributed by atoms with E-state index >= 15 is 0 Å². The Morgan fingerprint density at radius 2 is 1.40 bits per heavy atom. The number of amides is 2. The Balaban J connectivity index is 0.00000864. The molecule has 0 heterocycles. The van der Waals surface area contributed by atoms with Gasteiger partial charge in [0, 0.05) is 64.7 Å². The average Bonchev–Trinajstić information content (AvgIpc) is 3.27. The molecular weight excluding hydrogens is 924 g/mol. The van der Waals surface area contributed by atoms with Crippen LogP contribution < -0.4 is 20.1 Å². The minimum atomic E-state index is -5.12. The van der Waals surface area contributed by atoms with Gasteiger partial charge in [0.1, 0.15) is 33.6 Å². The predicted octanol–water partition coefficient (Wildman–Crippen LogP) is 10.6. The fourth-order valence-electron chi connectivity index (χ4n) is 7.30. The molecule has 19 heteroatoms. The SMILES string of the molecule is CCC(C)(C)c1ccc(OCCCCNC(=O)c2cc(Oc3ccc(N=Nc4c(S(=O)(=O)O)cc5cc(S(=O)(=O)O)cc(NC(C)=O)c5c4O)cc3)c3ccccc3c2O)c(C(C)(C)CC)c1.[Na]. The molecule has 2 amide bonds. The Labute approximate surface area is 418 Å². The van der Waals surface area contributed by atoms with Gasteiger partial charge in [0.2, 0.25) is 5.91 Å². The molecule has 0 saturated heterocycles. The molecule has 1 radical (unpaired) electrons. The first-order valence-electron chi connectivity index (χ1n) is 21.5. The molecule has 0 fully saturated rings. The van der Waals surface area contributed by atoms with Crippen LogP contribution in [0.25, 0.3) is 21.5 Å². The van der Waals surface area contributed by atoms with Crippen molar-refractivity contribution in [2.24, 2.45) is 10.2 Å². The summed E-state index contributed by atoms with van der Waals surface area (Å²) in [5.41, 5.74) is 1.49. The summed E-state index contributed by atoms with van der Waals surface area (Å²) in [6.07, 6.45) is 3.26. The van der Waals surface area contributed by atoms with E-state index in [1.807, 2.05) is 0 Å². The topological polar surface area (TPSA) is 251 Å². The third kappa shape index (κ3) is 12.2. The van der Waals surface area contributed by atoms with Crippen molar-refractivity contribution in [3.63, 3.8) is 0 Å². The molecule has 355 valence electrons. The number of benzene rings is 6. The van der Waals surface area contributed by atoms with Gasteiger partial charge in [0.05, 0.1) is 28.4 Å². The van der Waals surface area contributed by atoms with Gasteiger partial charge in [-0.2, -0.15) is 21.9 Å². The van der Waals surface area contributed by atoms with Crippen LogP contribution >= 0.6 is 0 Å². The van der Waals surface area contributed by atoms with E-state index in [0.717, 1.165) is 43.7 Å². The maximum absolute atomic E-state index is 13.5. The van der Waals surface area contributed by atoms with Gasteiger partial charge in [-0.25, -0.2) is 0 Å². The molecule has 0 atom stereocenters. The summed E-state index contributed by atoms with van der Waals surface area (Å²) in [7, 11) is -9.99. The molecule has 0 unspecified atom stereocenters. The zero-order valence-electron chi connectivity index (χ0n) is 39.2. The van der Waals surface area contributed by atoms with Crippen molar-refractivity contribution in [1.29, 1.82) is 0 Å². The number of ether oxygens (including phenoxy) is 2. The van der Waals surface area contributed by atoms with Crippen molar-refractivity contribution >= 4 is 100 Å². The fraction of sp³-hybridized carbons (Fsp3) is 0.306. The molecule has 0 spiro atoms. The molecule has 16 nitrogen and oxygen atoms in total. The van der Waals surface area contributed by atoms with E-state index < -0.39 is 53.3 Å². The standard InChI is InChI=1S/C49H54N4O12S2.Na/c1-8-48(4,5)31-16-21-40(38(26-31)49(6,7)9-2)64-23-13-12-22-50-47(57)37-28-41(35-14-10-11-15-36(35)45(37)55)65-33-19-17-32(18-20-33)52-53-44-42(67(61,62)63)25-30-24-34(66(58,59)60)27-39(51-29(3)54)43(30)46(44)56;/h10-11,14-21,24-28,55-56H,8-9,12-13,22-23H2,1-7H3,(H,50,57)(H,51,54)(H,58,59,60)(H,61,62,63);. The van der Waals surface area contributed by atoms with Crippen LogP contribution in [0, 0.1) is 0 Å². The van der Waals surface area contributed by atoms with Gasteiger partial charge >= 0.3 is 0 Å². The van der Waals surface area contributed by atoms with Crippen molar-refractivity contribution < 1.29 is 55.2 Å². The number of hydrogen-bond acceptors (Lipinski definition) is 12. The molecular formula is C49H54N4NaO12S2. The van der Waals surface area contributed by atoms with Crippen LogP contribution in [0.5, 0.6) is 28.7 Å². The Morgan fingerprint density at radius 3 is 2.01 bits per heavy atom. The van der Waals surface area contributed by atoms with E-state index in [0.29, 0.717) is 36.8 Å². The number of azo groups is 1. The normalized spacial score (nSPS) is 12.2. The van der Waals surface area contributed by atoms with Crippen molar-refractivity contribution in [2.45, 2.75) is 94.8 Å². The smallest absolute Gasteiger partial charge is 0.296 e. The zero-order valence-corrected chi connectivity index (χ0v) is 42.8. The number of anilines is 1. The molecule has 68 heavy (non-hydrogen) atoms. The number of nitrogens with one attached hydrogen (secondary N) is 2. The largest absolute Gasteiger partial charge is 0.506 e. The number of phenolic OH excluding ortho intramolecular Hbond substituents is 2. The van der Waals surface area contributed by atoms with Gasteiger partial charge in [0.15, 0.2) is 5.75 Å². The van der Waals surface area contributed by atoms with Crippen LogP contribution in [0.2, 0.25) is 0 Å². The molecule has 6 aromatic carbocycles. The molecule has 0 aliphatic heterocycles. The number of phenols is 2. The number of rotatable bonds is 18. The Kier molecular flexibility index (Phi) is 16.8. The van der Waals surface area contributed by atoms with Gasteiger partial charge in [-0.1, -0.05) is 77.9 Å². The van der Waals surface area contributed by atoms with Crippen molar-refractivity contribution in [2.75, 3.05) is 18.5 Å². The van der Waals surface area contributed by atoms with Crippen molar-refractivity contribution in [3.8, 4) is 28.7 Å². The van der Waals surface area contributed by atoms with E-state index in [2.05, 4.69) is 80.6 Å². The summed E-state index contributed by atoms with van der Waals surface area (Å²) in [5, 5.41) is 36.0. The van der Waals surface area contributed by atoms with Gasteiger partial charge in [0.25, 0.3) is 26.1 Å². The minimum absolute atomic E-state index is 0. The second kappa shape index (κ2) is 21.4. The van der Waals surface area contributed by atoms with E-state index in [4.69, 9.17) is 9.47 Å².